The van der Waals surface area contributed by atoms with E-state index in [1.807, 2.05) is 11.8 Å². The monoisotopic (exact) mass is 290 g/mol. The molecule has 14 heavy (non-hydrogen) atoms. The number of hydrogen-bond donors (Lipinski definition) is 1. The van der Waals surface area contributed by atoms with Gasteiger partial charge in [-0.1, -0.05) is 29.8 Å². The molecule has 0 unspecified atom stereocenters. The average molecular weight is 291 g/mol. The molecule has 0 saturated heterocycles. The highest BCUT2D eigenvalue weighted by molar-refractivity contribution is 9.10. The average Bonchev–Trinajstić information content (AvgIpc) is 2.17. The maximum Gasteiger partial charge on any atom is 0.0176 e. The Morgan fingerprint density at radius 1 is 1.29 bits per heavy atom. The van der Waals surface area contributed by atoms with Gasteiger partial charge in [-0.05, 0) is 35.4 Å². The molecule has 0 aliphatic carbocycles. The molecule has 0 fully saturated rings. The van der Waals surface area contributed by atoms with Crippen LogP contribution >= 0.6 is 40.3 Å². The molecule has 0 aliphatic rings. The first-order valence-electron chi connectivity index (χ1n) is 4.53. The third-order valence-electron chi connectivity index (χ3n) is 1.87. The SMILES string of the molecule is CC(C)(CS)CSc1ccc(Br)cc1. The largest absolute Gasteiger partial charge is 0.179 e. The normalized spacial score (nSPS) is 11.7. The van der Waals surface area contributed by atoms with Crippen LogP contribution in [0.3, 0.4) is 0 Å². The molecular formula is C11H15BrS2. The van der Waals surface area contributed by atoms with Crippen molar-refractivity contribution >= 4 is 40.3 Å². The summed E-state index contributed by atoms with van der Waals surface area (Å²) in [7, 11) is 0. The number of hydrogen-bond acceptors (Lipinski definition) is 2. The summed E-state index contributed by atoms with van der Waals surface area (Å²) >= 11 is 9.66. The minimum absolute atomic E-state index is 0.306. The summed E-state index contributed by atoms with van der Waals surface area (Å²) in [6, 6.07) is 8.44. The molecule has 1 rings (SSSR count). The first-order chi connectivity index (χ1) is 6.53. The van der Waals surface area contributed by atoms with Crippen LogP contribution < -0.4 is 0 Å². The maximum absolute atomic E-state index is 4.34. The molecule has 0 amide bonds. The number of halogens is 1. The molecule has 0 aromatic heterocycles. The minimum atomic E-state index is 0.306. The Bertz CT molecular complexity index is 280. The highest BCUT2D eigenvalue weighted by Crippen LogP contribution is 2.29. The summed E-state index contributed by atoms with van der Waals surface area (Å²) in [4.78, 5) is 1.32. The fraction of sp³-hybridized carbons (Fsp3) is 0.455. The molecule has 78 valence electrons. The van der Waals surface area contributed by atoms with Crippen molar-refractivity contribution in [3.8, 4) is 0 Å². The molecule has 3 heteroatoms. The predicted molar refractivity (Wildman–Crippen MR) is 72.5 cm³/mol. The van der Waals surface area contributed by atoms with Gasteiger partial charge in [-0.25, -0.2) is 0 Å². The number of rotatable bonds is 4. The summed E-state index contributed by atoms with van der Waals surface area (Å²) in [5, 5.41) is 0. The van der Waals surface area contributed by atoms with Gasteiger partial charge in [0.1, 0.15) is 0 Å². The second-order valence-corrected chi connectivity index (χ2v) is 6.35. The van der Waals surface area contributed by atoms with Gasteiger partial charge in [0.2, 0.25) is 0 Å². The third kappa shape index (κ3) is 4.28. The molecule has 0 bridgehead atoms. The summed E-state index contributed by atoms with van der Waals surface area (Å²) in [6.07, 6.45) is 0. The van der Waals surface area contributed by atoms with Gasteiger partial charge < -0.3 is 0 Å². The van der Waals surface area contributed by atoms with Crippen LogP contribution in [-0.2, 0) is 0 Å². The van der Waals surface area contributed by atoms with Crippen molar-refractivity contribution in [2.24, 2.45) is 5.41 Å². The number of thiol groups is 1. The van der Waals surface area contributed by atoms with E-state index >= 15 is 0 Å². The second kappa shape index (κ2) is 5.47. The molecule has 0 heterocycles. The van der Waals surface area contributed by atoms with E-state index in [1.54, 1.807) is 0 Å². The van der Waals surface area contributed by atoms with E-state index in [4.69, 9.17) is 0 Å². The van der Waals surface area contributed by atoms with Crippen molar-refractivity contribution in [1.82, 2.24) is 0 Å². The topological polar surface area (TPSA) is 0 Å². The zero-order valence-electron chi connectivity index (χ0n) is 8.46. The van der Waals surface area contributed by atoms with Crippen LogP contribution in [0.1, 0.15) is 13.8 Å². The van der Waals surface area contributed by atoms with E-state index in [-0.39, 0.29) is 0 Å². The zero-order valence-corrected chi connectivity index (χ0v) is 11.8. The Balaban J connectivity index is 2.50. The molecular weight excluding hydrogens is 276 g/mol. The lowest BCUT2D eigenvalue weighted by atomic mass is 10.0. The van der Waals surface area contributed by atoms with Crippen LogP contribution in [0.25, 0.3) is 0 Å². The predicted octanol–water partition coefficient (Wildman–Crippen LogP) is 4.50. The number of benzene rings is 1. The first kappa shape index (κ1) is 12.5. The molecule has 0 radical (unpaired) electrons. The Morgan fingerprint density at radius 2 is 1.86 bits per heavy atom. The van der Waals surface area contributed by atoms with Crippen LogP contribution in [0.4, 0.5) is 0 Å². The van der Waals surface area contributed by atoms with Gasteiger partial charge in [0.25, 0.3) is 0 Å². The highest BCUT2D eigenvalue weighted by atomic mass is 79.9. The van der Waals surface area contributed by atoms with Crippen molar-refractivity contribution in [3.63, 3.8) is 0 Å². The third-order valence-corrected chi connectivity index (χ3v) is 4.79. The molecule has 0 atom stereocenters. The lowest BCUT2D eigenvalue weighted by Crippen LogP contribution is -2.16. The lowest BCUT2D eigenvalue weighted by molar-refractivity contribution is 0.494. The number of thioether (sulfide) groups is 1. The molecule has 0 saturated carbocycles. The Morgan fingerprint density at radius 3 is 2.36 bits per heavy atom. The van der Waals surface area contributed by atoms with E-state index in [0.717, 1.165) is 16.0 Å². The summed E-state index contributed by atoms with van der Waals surface area (Å²) in [5.74, 6) is 2.04. The van der Waals surface area contributed by atoms with Gasteiger partial charge in [0.05, 0.1) is 0 Å². The molecule has 1 aromatic carbocycles. The highest BCUT2D eigenvalue weighted by Gasteiger charge is 2.15. The molecule has 0 spiro atoms. The van der Waals surface area contributed by atoms with Crippen molar-refractivity contribution in [1.29, 1.82) is 0 Å². The quantitative estimate of drug-likeness (QED) is 0.629. The first-order valence-corrected chi connectivity index (χ1v) is 6.94. The lowest BCUT2D eigenvalue weighted by Gasteiger charge is -2.21. The second-order valence-electron chi connectivity index (χ2n) is 4.06. The smallest absolute Gasteiger partial charge is 0.0176 e. The summed E-state index contributed by atoms with van der Waals surface area (Å²) in [6.45, 7) is 4.48. The van der Waals surface area contributed by atoms with Crippen LogP contribution in [0.5, 0.6) is 0 Å². The Hall–Kier alpha value is 0.400. The van der Waals surface area contributed by atoms with Crippen LogP contribution in [0.2, 0.25) is 0 Å². The maximum atomic E-state index is 4.34. The Labute approximate surface area is 104 Å². The van der Waals surface area contributed by atoms with E-state index in [0.29, 0.717) is 5.41 Å². The van der Waals surface area contributed by atoms with Crippen molar-refractivity contribution < 1.29 is 0 Å². The van der Waals surface area contributed by atoms with Crippen LogP contribution in [0.15, 0.2) is 33.6 Å². The molecule has 0 N–H and O–H groups in total. The van der Waals surface area contributed by atoms with E-state index in [9.17, 15) is 0 Å². The van der Waals surface area contributed by atoms with Gasteiger partial charge in [-0.15, -0.1) is 11.8 Å². The standard InChI is InChI=1S/C11H15BrS2/c1-11(2,7-13)8-14-10-5-3-9(12)4-6-10/h3-6,13H,7-8H2,1-2H3. The minimum Gasteiger partial charge on any atom is -0.179 e. The van der Waals surface area contributed by atoms with Crippen molar-refractivity contribution in [2.75, 3.05) is 11.5 Å². The fourth-order valence-corrected chi connectivity index (χ4v) is 2.37. The molecule has 0 aliphatic heterocycles. The van der Waals surface area contributed by atoms with Gasteiger partial charge in [-0.3, -0.25) is 0 Å². The summed E-state index contributed by atoms with van der Waals surface area (Å²) < 4.78 is 1.13. The van der Waals surface area contributed by atoms with Gasteiger partial charge >= 0.3 is 0 Å². The van der Waals surface area contributed by atoms with Crippen molar-refractivity contribution in [3.05, 3.63) is 28.7 Å². The van der Waals surface area contributed by atoms with Gasteiger partial charge in [0.15, 0.2) is 0 Å². The van der Waals surface area contributed by atoms with Gasteiger partial charge in [-0.2, -0.15) is 12.6 Å². The fourth-order valence-electron chi connectivity index (χ4n) is 0.855. The van der Waals surface area contributed by atoms with Crippen LogP contribution in [0, 0.1) is 5.41 Å². The van der Waals surface area contributed by atoms with E-state index < -0.39 is 0 Å². The summed E-state index contributed by atoms with van der Waals surface area (Å²) in [5.41, 5.74) is 0.306. The van der Waals surface area contributed by atoms with E-state index in [1.165, 1.54) is 4.90 Å². The molecule has 0 nitrogen and oxygen atoms in total. The van der Waals surface area contributed by atoms with Crippen molar-refractivity contribution in [2.45, 2.75) is 18.7 Å². The Kier molecular flexibility index (Phi) is 4.88. The van der Waals surface area contributed by atoms with E-state index in [2.05, 4.69) is 66.7 Å². The van der Waals surface area contributed by atoms with Gasteiger partial charge in [0, 0.05) is 15.1 Å². The zero-order chi connectivity index (χ0) is 10.6. The van der Waals surface area contributed by atoms with Crippen LogP contribution in [-0.4, -0.2) is 11.5 Å². The molecule has 1 aromatic rings.